The van der Waals surface area contributed by atoms with Gasteiger partial charge in [0.1, 0.15) is 11.6 Å². The first-order valence-corrected chi connectivity index (χ1v) is 11.8. The zero-order valence-corrected chi connectivity index (χ0v) is 17.3. The molecule has 2 aliphatic rings. The van der Waals surface area contributed by atoms with Crippen LogP contribution in [0.25, 0.3) is 0 Å². The van der Waals surface area contributed by atoms with Gasteiger partial charge in [-0.1, -0.05) is 30.3 Å². The molecule has 0 aromatic heterocycles. The van der Waals surface area contributed by atoms with Gasteiger partial charge in [0.05, 0.1) is 4.58 Å². The molecular weight excluding hydrogens is 393 g/mol. The van der Waals surface area contributed by atoms with E-state index in [-0.39, 0.29) is 24.4 Å². The van der Waals surface area contributed by atoms with Crippen molar-refractivity contribution in [3.8, 4) is 5.75 Å². The summed E-state index contributed by atoms with van der Waals surface area (Å²) in [6, 6.07) is 14.9. The van der Waals surface area contributed by atoms with Crippen molar-refractivity contribution in [1.29, 1.82) is 0 Å². The number of hydrogen-bond donors (Lipinski definition) is 0. The van der Waals surface area contributed by atoms with Crippen LogP contribution >= 0.6 is 23.5 Å². The number of carbonyl (C=O) groups is 1. The maximum absolute atomic E-state index is 14.0. The van der Waals surface area contributed by atoms with E-state index in [0.717, 1.165) is 12.8 Å². The molecule has 0 bridgehead atoms. The van der Waals surface area contributed by atoms with E-state index in [9.17, 15) is 9.18 Å². The van der Waals surface area contributed by atoms with E-state index in [1.165, 1.54) is 29.6 Å². The number of hydrogen-bond acceptors (Lipinski definition) is 4. The molecule has 2 aromatic rings. The first kappa shape index (κ1) is 19.6. The summed E-state index contributed by atoms with van der Waals surface area (Å²) in [5.41, 5.74) is 1.85. The summed E-state index contributed by atoms with van der Waals surface area (Å²) in [6.45, 7) is 0.284. The maximum atomic E-state index is 14.0. The minimum atomic E-state index is -0.268. The molecular formula is C22H24FNO2S2. The maximum Gasteiger partial charge on any atom is 0.261 e. The average molecular weight is 418 g/mol. The summed E-state index contributed by atoms with van der Waals surface area (Å²) in [6.07, 6.45) is 3.23. The van der Waals surface area contributed by atoms with E-state index in [2.05, 4.69) is 12.1 Å². The van der Waals surface area contributed by atoms with Crippen LogP contribution in [0.2, 0.25) is 0 Å². The van der Waals surface area contributed by atoms with Crippen LogP contribution < -0.4 is 4.74 Å². The van der Waals surface area contributed by atoms with Crippen molar-refractivity contribution in [1.82, 2.24) is 4.90 Å². The Labute approximate surface area is 174 Å². The second-order valence-electron chi connectivity index (χ2n) is 7.13. The Morgan fingerprint density at radius 1 is 1.07 bits per heavy atom. The number of carbonyl (C=O) groups excluding carboxylic acids is 1. The van der Waals surface area contributed by atoms with Gasteiger partial charge >= 0.3 is 0 Å². The first-order valence-electron chi connectivity index (χ1n) is 9.69. The number of thioether (sulfide) groups is 2. The number of benzene rings is 2. The minimum Gasteiger partial charge on any atom is -0.484 e. The van der Waals surface area contributed by atoms with Crippen molar-refractivity contribution in [3.05, 3.63) is 65.5 Å². The molecule has 1 aliphatic carbocycles. The monoisotopic (exact) mass is 417 g/mol. The van der Waals surface area contributed by atoms with Crippen LogP contribution in [0.4, 0.5) is 4.39 Å². The molecule has 1 aliphatic heterocycles. The molecule has 0 spiro atoms. The van der Waals surface area contributed by atoms with Crippen LogP contribution in [0, 0.1) is 5.82 Å². The zero-order valence-electron chi connectivity index (χ0n) is 15.7. The smallest absolute Gasteiger partial charge is 0.261 e. The third kappa shape index (κ3) is 5.03. The SMILES string of the molecule is O=C(COc1ccc(C2SCCCS2)cc1)N(Cc1ccccc1F)C1CC1. The van der Waals surface area contributed by atoms with Crippen molar-refractivity contribution >= 4 is 29.4 Å². The summed E-state index contributed by atoms with van der Waals surface area (Å²) in [5.74, 6) is 2.76. The lowest BCUT2D eigenvalue weighted by atomic mass is 10.2. The normalized spacial score (nSPS) is 17.3. The zero-order chi connectivity index (χ0) is 19.3. The lowest BCUT2D eigenvalue weighted by molar-refractivity contribution is -0.134. The third-order valence-electron chi connectivity index (χ3n) is 4.95. The summed E-state index contributed by atoms with van der Waals surface area (Å²) in [5, 5.41) is 0. The summed E-state index contributed by atoms with van der Waals surface area (Å²) in [7, 11) is 0. The van der Waals surface area contributed by atoms with Crippen LogP contribution in [0.15, 0.2) is 48.5 Å². The molecule has 148 valence electrons. The van der Waals surface area contributed by atoms with Gasteiger partial charge in [-0.3, -0.25) is 4.79 Å². The Hall–Kier alpha value is -1.66. The number of nitrogens with zero attached hydrogens (tertiary/aromatic N) is 1. The molecule has 0 atom stereocenters. The van der Waals surface area contributed by atoms with E-state index in [4.69, 9.17) is 4.74 Å². The van der Waals surface area contributed by atoms with Gasteiger partial charge < -0.3 is 9.64 Å². The van der Waals surface area contributed by atoms with Gasteiger partial charge in [0.2, 0.25) is 0 Å². The van der Waals surface area contributed by atoms with E-state index < -0.39 is 0 Å². The first-order chi connectivity index (χ1) is 13.7. The number of amides is 1. The molecule has 0 unspecified atom stereocenters. The highest BCUT2D eigenvalue weighted by molar-refractivity contribution is 8.16. The molecule has 3 nitrogen and oxygen atoms in total. The van der Waals surface area contributed by atoms with Crippen LogP contribution in [0.1, 0.15) is 35.0 Å². The highest BCUT2D eigenvalue weighted by Crippen LogP contribution is 2.43. The second-order valence-corrected chi connectivity index (χ2v) is 9.85. The Morgan fingerprint density at radius 3 is 2.46 bits per heavy atom. The van der Waals surface area contributed by atoms with Crippen molar-refractivity contribution < 1.29 is 13.9 Å². The average Bonchev–Trinajstić information content (AvgIpc) is 3.58. The highest BCUT2D eigenvalue weighted by atomic mass is 32.2. The van der Waals surface area contributed by atoms with Crippen LogP contribution in [0.3, 0.4) is 0 Å². The number of ether oxygens (including phenoxy) is 1. The molecule has 1 saturated heterocycles. The lowest BCUT2D eigenvalue weighted by Gasteiger charge is -2.23. The van der Waals surface area contributed by atoms with Crippen LogP contribution in [-0.2, 0) is 11.3 Å². The molecule has 28 heavy (non-hydrogen) atoms. The van der Waals surface area contributed by atoms with Crippen molar-refractivity contribution in [2.75, 3.05) is 18.1 Å². The molecule has 0 N–H and O–H groups in total. The van der Waals surface area contributed by atoms with Gasteiger partial charge in [-0.25, -0.2) is 4.39 Å². The Kier molecular flexibility index (Phi) is 6.47. The van der Waals surface area contributed by atoms with Crippen molar-refractivity contribution in [2.45, 2.75) is 36.4 Å². The largest absolute Gasteiger partial charge is 0.484 e. The number of rotatable bonds is 7. The molecule has 2 fully saturated rings. The quantitative estimate of drug-likeness (QED) is 0.614. The number of halogens is 1. The van der Waals surface area contributed by atoms with Gasteiger partial charge in [-0.05, 0) is 54.5 Å². The van der Waals surface area contributed by atoms with E-state index in [0.29, 0.717) is 22.4 Å². The molecule has 1 saturated carbocycles. The van der Waals surface area contributed by atoms with E-state index >= 15 is 0 Å². The molecule has 6 heteroatoms. The summed E-state index contributed by atoms with van der Waals surface area (Å²) >= 11 is 3.97. The topological polar surface area (TPSA) is 29.5 Å². The van der Waals surface area contributed by atoms with E-state index in [1.807, 2.05) is 35.7 Å². The fourth-order valence-corrected chi connectivity index (χ4v) is 6.14. The van der Waals surface area contributed by atoms with Crippen molar-refractivity contribution in [2.24, 2.45) is 0 Å². The lowest BCUT2D eigenvalue weighted by Crippen LogP contribution is -2.36. The third-order valence-corrected chi connectivity index (χ3v) is 7.96. The van der Waals surface area contributed by atoms with Gasteiger partial charge in [0.15, 0.2) is 6.61 Å². The predicted molar refractivity (Wildman–Crippen MR) is 114 cm³/mol. The molecule has 4 rings (SSSR count). The van der Waals surface area contributed by atoms with E-state index in [1.54, 1.807) is 23.1 Å². The molecule has 1 amide bonds. The Morgan fingerprint density at radius 2 is 1.79 bits per heavy atom. The van der Waals surface area contributed by atoms with Crippen molar-refractivity contribution in [3.63, 3.8) is 0 Å². The predicted octanol–water partition coefficient (Wildman–Crippen LogP) is 5.26. The molecule has 0 radical (unpaired) electrons. The van der Waals surface area contributed by atoms with Crippen LogP contribution in [0.5, 0.6) is 5.75 Å². The van der Waals surface area contributed by atoms with Gasteiger partial charge in [-0.2, -0.15) is 0 Å². The fourth-order valence-electron chi connectivity index (χ4n) is 3.25. The Bertz CT molecular complexity index is 804. The summed E-state index contributed by atoms with van der Waals surface area (Å²) < 4.78 is 20.2. The Balaban J connectivity index is 1.34. The van der Waals surface area contributed by atoms with Gasteiger partial charge in [0, 0.05) is 18.2 Å². The molecule has 2 aromatic carbocycles. The van der Waals surface area contributed by atoms with Crippen LogP contribution in [-0.4, -0.2) is 35.0 Å². The van der Waals surface area contributed by atoms with Gasteiger partial charge in [-0.15, -0.1) is 23.5 Å². The molecule has 1 heterocycles. The second kappa shape index (κ2) is 9.23. The van der Waals surface area contributed by atoms with Gasteiger partial charge in [0.25, 0.3) is 5.91 Å². The minimum absolute atomic E-state index is 0.0166. The highest BCUT2D eigenvalue weighted by Gasteiger charge is 2.33. The standard InChI is InChI=1S/C22H24FNO2S2/c23-20-5-2-1-4-17(20)14-24(18-8-9-18)21(25)15-26-19-10-6-16(7-11-19)22-27-12-3-13-28-22/h1-2,4-7,10-11,18,22H,3,8-9,12-15H2. The summed E-state index contributed by atoms with van der Waals surface area (Å²) in [4.78, 5) is 14.5. The fraction of sp³-hybridized carbons (Fsp3) is 0.409.